The Kier molecular flexibility index (Phi) is 4.70. The van der Waals surface area contributed by atoms with Crippen LogP contribution in [0.5, 0.6) is 0 Å². The molecule has 0 radical (unpaired) electrons. The number of ether oxygens (including phenoxy) is 1. The SMILES string of the molecule is COC[C@@H](c1ccccc1)N1[C@H](c2ccccc2)[C@@]1(C)c1nc2ccccc2s1. The van der Waals surface area contributed by atoms with Crippen LogP contribution in [0.4, 0.5) is 0 Å². The van der Waals surface area contributed by atoms with Gasteiger partial charge < -0.3 is 4.74 Å². The summed E-state index contributed by atoms with van der Waals surface area (Å²) < 4.78 is 6.91. The summed E-state index contributed by atoms with van der Waals surface area (Å²) in [6.45, 7) is 2.97. The molecule has 4 aromatic rings. The maximum absolute atomic E-state index is 5.67. The summed E-state index contributed by atoms with van der Waals surface area (Å²) in [5.74, 6) is 0. The summed E-state index contributed by atoms with van der Waals surface area (Å²) >= 11 is 1.81. The highest BCUT2D eigenvalue weighted by Crippen LogP contribution is 2.64. The van der Waals surface area contributed by atoms with Crippen molar-refractivity contribution in [1.29, 1.82) is 0 Å². The van der Waals surface area contributed by atoms with Crippen LogP contribution in [0.1, 0.15) is 35.1 Å². The Labute approximate surface area is 175 Å². The summed E-state index contributed by atoms with van der Waals surface area (Å²) in [7, 11) is 1.78. The molecular weight excluding hydrogens is 376 g/mol. The van der Waals surface area contributed by atoms with E-state index in [0.29, 0.717) is 6.61 Å². The van der Waals surface area contributed by atoms with Crippen LogP contribution < -0.4 is 0 Å². The zero-order valence-electron chi connectivity index (χ0n) is 16.7. The first-order chi connectivity index (χ1) is 14.2. The van der Waals surface area contributed by atoms with Gasteiger partial charge in [-0.1, -0.05) is 72.8 Å². The summed E-state index contributed by atoms with van der Waals surface area (Å²) in [6, 6.07) is 30.3. The van der Waals surface area contributed by atoms with Gasteiger partial charge in [0, 0.05) is 7.11 Å². The molecule has 3 nitrogen and oxygen atoms in total. The summed E-state index contributed by atoms with van der Waals surface area (Å²) in [5.41, 5.74) is 3.52. The van der Waals surface area contributed by atoms with Gasteiger partial charge in [-0.2, -0.15) is 0 Å². The Morgan fingerprint density at radius 3 is 2.31 bits per heavy atom. The molecule has 2 heterocycles. The predicted molar refractivity (Wildman–Crippen MR) is 119 cm³/mol. The van der Waals surface area contributed by atoms with E-state index in [1.807, 2.05) is 0 Å². The van der Waals surface area contributed by atoms with Gasteiger partial charge >= 0.3 is 0 Å². The lowest BCUT2D eigenvalue weighted by atomic mass is 10.0. The molecule has 1 unspecified atom stereocenters. The van der Waals surface area contributed by atoms with Crippen molar-refractivity contribution in [3.63, 3.8) is 0 Å². The lowest BCUT2D eigenvalue weighted by Gasteiger charge is -2.21. The number of hydrogen-bond donors (Lipinski definition) is 0. The first-order valence-corrected chi connectivity index (χ1v) is 10.8. The molecule has 0 amide bonds. The molecule has 0 bridgehead atoms. The number of fused-ring (bicyclic) bond motifs is 1. The first kappa shape index (κ1) is 18.5. The highest BCUT2D eigenvalue weighted by atomic mass is 32.1. The fourth-order valence-electron chi connectivity index (χ4n) is 4.52. The van der Waals surface area contributed by atoms with Crippen LogP contribution >= 0.6 is 11.3 Å². The Hall–Kier alpha value is -2.53. The maximum Gasteiger partial charge on any atom is 0.116 e. The number of hydrogen-bond acceptors (Lipinski definition) is 4. The Morgan fingerprint density at radius 1 is 0.966 bits per heavy atom. The molecule has 0 saturated carbocycles. The van der Waals surface area contributed by atoms with E-state index in [1.165, 1.54) is 20.8 Å². The van der Waals surface area contributed by atoms with Crippen LogP contribution in [0.3, 0.4) is 0 Å². The Morgan fingerprint density at radius 2 is 1.62 bits per heavy atom. The van der Waals surface area contributed by atoms with E-state index < -0.39 is 0 Å². The largest absolute Gasteiger partial charge is 0.383 e. The molecule has 0 N–H and O–H groups in total. The minimum absolute atomic E-state index is 0.163. The molecule has 0 spiro atoms. The van der Waals surface area contributed by atoms with Crippen LogP contribution in [-0.2, 0) is 10.3 Å². The second-order valence-electron chi connectivity index (χ2n) is 7.74. The first-order valence-electron chi connectivity index (χ1n) is 9.97. The molecule has 1 aliphatic heterocycles. The third kappa shape index (κ3) is 3.08. The van der Waals surface area contributed by atoms with Crippen molar-refractivity contribution < 1.29 is 4.74 Å². The van der Waals surface area contributed by atoms with E-state index in [4.69, 9.17) is 9.72 Å². The zero-order valence-corrected chi connectivity index (χ0v) is 17.5. The van der Waals surface area contributed by atoms with E-state index >= 15 is 0 Å². The van der Waals surface area contributed by atoms with E-state index in [1.54, 1.807) is 18.4 Å². The quantitative estimate of drug-likeness (QED) is 0.374. The summed E-state index contributed by atoms with van der Waals surface area (Å²) in [6.07, 6.45) is 0. The lowest BCUT2D eigenvalue weighted by Crippen LogP contribution is -2.21. The minimum atomic E-state index is -0.163. The van der Waals surface area contributed by atoms with Gasteiger partial charge in [-0.15, -0.1) is 11.3 Å². The van der Waals surface area contributed by atoms with E-state index in [9.17, 15) is 0 Å². The van der Waals surface area contributed by atoms with Crippen LogP contribution in [0.2, 0.25) is 0 Å². The van der Waals surface area contributed by atoms with Crippen molar-refractivity contribution in [2.75, 3.05) is 13.7 Å². The molecule has 1 aliphatic rings. The van der Waals surface area contributed by atoms with Crippen molar-refractivity contribution in [1.82, 2.24) is 9.88 Å². The number of thiazole rings is 1. The fourth-order valence-corrected chi connectivity index (χ4v) is 5.66. The molecule has 146 valence electrons. The maximum atomic E-state index is 5.67. The molecule has 29 heavy (non-hydrogen) atoms. The van der Waals surface area contributed by atoms with E-state index in [-0.39, 0.29) is 17.6 Å². The van der Waals surface area contributed by atoms with Crippen LogP contribution in [0, 0.1) is 0 Å². The Bertz CT molecular complexity index is 1080. The number of benzene rings is 3. The molecule has 4 atom stereocenters. The normalized spacial score (nSPS) is 24.5. The highest BCUT2D eigenvalue weighted by molar-refractivity contribution is 7.18. The van der Waals surface area contributed by atoms with Gasteiger partial charge in [0.1, 0.15) is 5.01 Å². The monoisotopic (exact) mass is 400 g/mol. The van der Waals surface area contributed by atoms with E-state index in [2.05, 4.69) is 96.8 Å². The van der Waals surface area contributed by atoms with Gasteiger partial charge in [-0.3, -0.25) is 4.90 Å². The van der Waals surface area contributed by atoms with Gasteiger partial charge in [-0.05, 0) is 30.2 Å². The third-order valence-corrected chi connectivity index (χ3v) is 7.23. The number of nitrogens with zero attached hydrogens (tertiary/aromatic N) is 2. The fraction of sp³-hybridized carbons (Fsp3) is 0.240. The van der Waals surface area contributed by atoms with Gasteiger partial charge in [-0.25, -0.2) is 4.98 Å². The molecular formula is C25H24N2OS. The minimum Gasteiger partial charge on any atom is -0.383 e. The topological polar surface area (TPSA) is 25.1 Å². The molecule has 0 aliphatic carbocycles. The zero-order chi connectivity index (χ0) is 19.8. The number of aromatic nitrogens is 1. The molecule has 1 saturated heterocycles. The van der Waals surface area contributed by atoms with Crippen molar-refractivity contribution in [3.8, 4) is 0 Å². The van der Waals surface area contributed by atoms with Crippen LogP contribution in [0.25, 0.3) is 10.2 Å². The van der Waals surface area contributed by atoms with Crippen molar-refractivity contribution >= 4 is 21.6 Å². The van der Waals surface area contributed by atoms with Gasteiger partial charge in [0.15, 0.2) is 0 Å². The predicted octanol–water partition coefficient (Wildman–Crippen LogP) is 5.96. The van der Waals surface area contributed by atoms with Gasteiger partial charge in [0.25, 0.3) is 0 Å². The molecule has 5 rings (SSSR count). The molecule has 1 aromatic heterocycles. The third-order valence-electron chi connectivity index (χ3n) is 5.97. The Balaban J connectivity index is 1.63. The van der Waals surface area contributed by atoms with E-state index in [0.717, 1.165) is 5.52 Å². The average Bonchev–Trinajstić information content (AvgIpc) is 3.17. The second kappa shape index (κ2) is 7.38. The van der Waals surface area contributed by atoms with Crippen molar-refractivity contribution in [2.24, 2.45) is 0 Å². The standard InChI is InChI=1S/C25H24N2OS/c1-25(24-26-20-15-9-10-16-22(20)29-24)23(19-13-7-4-8-14-19)27(25)21(17-28-2)18-11-5-3-6-12-18/h3-16,21,23H,17H2,1-2H3/t21-,23+,25-,27?/m0/s1. The number of methoxy groups -OCH3 is 1. The second-order valence-corrected chi connectivity index (χ2v) is 8.77. The van der Waals surface area contributed by atoms with Crippen molar-refractivity contribution in [2.45, 2.75) is 24.5 Å². The number of para-hydroxylation sites is 1. The lowest BCUT2D eigenvalue weighted by molar-refractivity contribution is 0.128. The smallest absolute Gasteiger partial charge is 0.116 e. The van der Waals surface area contributed by atoms with Gasteiger partial charge in [0.2, 0.25) is 0 Å². The average molecular weight is 401 g/mol. The summed E-state index contributed by atoms with van der Waals surface area (Å²) in [5, 5.41) is 1.17. The summed E-state index contributed by atoms with van der Waals surface area (Å²) in [4.78, 5) is 7.61. The molecule has 1 fully saturated rings. The van der Waals surface area contributed by atoms with Crippen LogP contribution in [0.15, 0.2) is 84.9 Å². The van der Waals surface area contributed by atoms with Gasteiger partial charge in [0.05, 0.1) is 34.4 Å². The van der Waals surface area contributed by atoms with Crippen LogP contribution in [-0.4, -0.2) is 23.6 Å². The van der Waals surface area contributed by atoms with Crippen molar-refractivity contribution in [3.05, 3.63) is 101 Å². The molecule has 3 aromatic carbocycles. The molecule has 4 heteroatoms. The number of rotatable bonds is 6. The highest BCUT2D eigenvalue weighted by Gasteiger charge is 2.65.